The molecule has 1 aromatic heterocycles. The van der Waals surface area contributed by atoms with E-state index in [9.17, 15) is 8.42 Å². The fraction of sp³-hybridized carbons (Fsp3) is 0.727. The van der Waals surface area contributed by atoms with Crippen LogP contribution in [0.2, 0.25) is 0 Å². The first-order valence-corrected chi connectivity index (χ1v) is 7.77. The molecule has 0 saturated carbocycles. The van der Waals surface area contributed by atoms with Crippen LogP contribution in [0, 0.1) is 0 Å². The number of hydrogen-bond acceptors (Lipinski definition) is 3. The molecule has 0 spiro atoms. The van der Waals surface area contributed by atoms with E-state index >= 15 is 0 Å². The predicted molar refractivity (Wildman–Crippen MR) is 69.2 cm³/mol. The van der Waals surface area contributed by atoms with Crippen molar-refractivity contribution in [2.75, 3.05) is 13.1 Å². The van der Waals surface area contributed by atoms with Gasteiger partial charge in [-0.05, 0) is 25.8 Å². The molecule has 18 heavy (non-hydrogen) atoms. The lowest BCUT2D eigenvalue weighted by atomic mass is 10.2. The zero-order chi connectivity index (χ0) is 13.0. The van der Waals surface area contributed by atoms with Gasteiger partial charge in [-0.25, -0.2) is 0 Å². The van der Waals surface area contributed by atoms with Crippen molar-refractivity contribution in [2.45, 2.75) is 38.8 Å². The molecule has 6 nitrogen and oxygen atoms in total. The van der Waals surface area contributed by atoms with Crippen molar-refractivity contribution >= 4 is 10.2 Å². The zero-order valence-corrected chi connectivity index (χ0v) is 11.4. The number of hydrogen-bond donors (Lipinski definition) is 1. The molecule has 102 valence electrons. The zero-order valence-electron chi connectivity index (χ0n) is 10.6. The lowest BCUT2D eigenvalue weighted by Gasteiger charge is -2.27. The largest absolute Gasteiger partial charge is 0.279 e. The summed E-state index contributed by atoms with van der Waals surface area (Å²) >= 11 is 0. The molecule has 2 rings (SSSR count). The minimum Gasteiger partial charge on any atom is -0.271 e. The third-order valence-corrected chi connectivity index (χ3v) is 4.77. The van der Waals surface area contributed by atoms with Gasteiger partial charge >= 0.3 is 0 Å². The second kappa shape index (κ2) is 5.81. The van der Waals surface area contributed by atoms with E-state index in [0.29, 0.717) is 19.6 Å². The van der Waals surface area contributed by atoms with Gasteiger partial charge in [0.05, 0.1) is 6.54 Å². The summed E-state index contributed by atoms with van der Waals surface area (Å²) in [5.74, 6) is 0. The Bertz CT molecular complexity index is 451. The summed E-state index contributed by atoms with van der Waals surface area (Å²) in [6, 6.07) is 1.66. The maximum atomic E-state index is 12.1. The van der Waals surface area contributed by atoms with E-state index in [1.807, 2.05) is 19.2 Å². The first-order valence-electron chi connectivity index (χ1n) is 6.33. The highest BCUT2D eigenvalue weighted by Crippen LogP contribution is 2.12. The van der Waals surface area contributed by atoms with Crippen molar-refractivity contribution in [1.29, 1.82) is 0 Å². The van der Waals surface area contributed by atoms with Gasteiger partial charge in [0, 0.05) is 31.5 Å². The lowest BCUT2D eigenvalue weighted by Crippen LogP contribution is -2.47. The van der Waals surface area contributed by atoms with Crippen LogP contribution in [0.3, 0.4) is 0 Å². The number of nitrogens with zero attached hydrogens (tertiary/aromatic N) is 3. The van der Waals surface area contributed by atoms with Gasteiger partial charge in [-0.3, -0.25) is 4.68 Å². The van der Waals surface area contributed by atoms with Gasteiger partial charge in [-0.15, -0.1) is 0 Å². The Morgan fingerprint density at radius 2 is 2.06 bits per heavy atom. The monoisotopic (exact) mass is 272 g/mol. The maximum Gasteiger partial charge on any atom is 0.279 e. The maximum absolute atomic E-state index is 12.1. The molecule has 1 fully saturated rings. The van der Waals surface area contributed by atoms with Crippen LogP contribution < -0.4 is 4.72 Å². The first-order chi connectivity index (χ1) is 8.58. The third-order valence-electron chi connectivity index (χ3n) is 3.03. The van der Waals surface area contributed by atoms with Crippen LogP contribution in [0.25, 0.3) is 0 Å². The Morgan fingerprint density at radius 3 is 2.67 bits per heavy atom. The molecule has 1 aliphatic heterocycles. The number of aromatic nitrogens is 2. The Labute approximate surface area is 108 Å². The van der Waals surface area contributed by atoms with E-state index in [1.54, 1.807) is 10.9 Å². The summed E-state index contributed by atoms with van der Waals surface area (Å²) in [4.78, 5) is 0. The van der Waals surface area contributed by atoms with Gasteiger partial charge < -0.3 is 0 Å². The van der Waals surface area contributed by atoms with Crippen LogP contribution in [0.1, 0.15) is 26.2 Å². The molecule has 7 heteroatoms. The molecule has 2 heterocycles. The number of piperidine rings is 1. The van der Waals surface area contributed by atoms with Crippen molar-refractivity contribution in [1.82, 2.24) is 18.8 Å². The first kappa shape index (κ1) is 13.5. The summed E-state index contributed by atoms with van der Waals surface area (Å²) in [5, 5.41) is 4.07. The second-order valence-corrected chi connectivity index (χ2v) is 6.41. The quantitative estimate of drug-likeness (QED) is 0.853. The molecule has 0 radical (unpaired) electrons. The van der Waals surface area contributed by atoms with Crippen LogP contribution in [-0.4, -0.2) is 41.6 Å². The fourth-order valence-electron chi connectivity index (χ4n) is 2.16. The van der Waals surface area contributed by atoms with Crippen LogP contribution in [0.4, 0.5) is 0 Å². The van der Waals surface area contributed by atoms with E-state index in [1.165, 1.54) is 4.31 Å². The molecular formula is C11H20N4O2S. The van der Waals surface area contributed by atoms with Crippen LogP contribution in [0.5, 0.6) is 0 Å². The van der Waals surface area contributed by atoms with Crippen molar-refractivity contribution in [2.24, 2.45) is 0 Å². The van der Waals surface area contributed by atoms with Gasteiger partial charge in [0.2, 0.25) is 0 Å². The van der Waals surface area contributed by atoms with E-state index in [4.69, 9.17) is 0 Å². The third kappa shape index (κ3) is 3.54. The van der Waals surface area contributed by atoms with E-state index < -0.39 is 10.2 Å². The highest BCUT2D eigenvalue weighted by atomic mass is 32.2. The predicted octanol–water partition coefficient (Wildman–Crippen LogP) is 0.592. The molecule has 1 aliphatic rings. The minimum atomic E-state index is -3.34. The van der Waals surface area contributed by atoms with Crippen LogP contribution in [-0.2, 0) is 16.8 Å². The molecular weight excluding hydrogens is 252 g/mol. The van der Waals surface area contributed by atoms with Gasteiger partial charge in [0.1, 0.15) is 0 Å². The van der Waals surface area contributed by atoms with E-state index in [0.717, 1.165) is 19.3 Å². The Morgan fingerprint density at radius 1 is 1.33 bits per heavy atom. The summed E-state index contributed by atoms with van der Waals surface area (Å²) in [6.45, 7) is 3.65. The summed E-state index contributed by atoms with van der Waals surface area (Å²) < 4.78 is 30.2. The Hall–Kier alpha value is -0.920. The molecule has 1 saturated heterocycles. The smallest absolute Gasteiger partial charge is 0.271 e. The second-order valence-electron chi connectivity index (χ2n) is 4.71. The molecule has 1 N–H and O–H groups in total. The Kier molecular flexibility index (Phi) is 4.36. The normalized spacial score (nSPS) is 19.8. The minimum absolute atomic E-state index is 0.170. The van der Waals surface area contributed by atoms with Crippen LogP contribution in [0.15, 0.2) is 18.5 Å². The van der Waals surface area contributed by atoms with Crippen molar-refractivity contribution in [3.8, 4) is 0 Å². The summed E-state index contributed by atoms with van der Waals surface area (Å²) in [5.41, 5.74) is 0. The molecule has 0 bridgehead atoms. The van der Waals surface area contributed by atoms with E-state index in [2.05, 4.69) is 9.82 Å². The molecule has 1 aromatic rings. The fourth-order valence-corrected chi connectivity index (χ4v) is 3.63. The van der Waals surface area contributed by atoms with Gasteiger partial charge in [0.25, 0.3) is 10.2 Å². The molecule has 1 atom stereocenters. The lowest BCUT2D eigenvalue weighted by molar-refractivity contribution is 0.336. The average Bonchev–Trinajstić information content (AvgIpc) is 2.82. The summed E-state index contributed by atoms with van der Waals surface area (Å²) in [6.07, 6.45) is 6.54. The molecule has 0 amide bonds. The molecule has 0 aromatic carbocycles. The SMILES string of the molecule is CC(Cn1cccn1)NS(=O)(=O)N1CCCCC1. The average molecular weight is 272 g/mol. The van der Waals surface area contributed by atoms with Crippen molar-refractivity contribution < 1.29 is 8.42 Å². The number of rotatable bonds is 5. The van der Waals surface area contributed by atoms with Gasteiger partial charge in [0.15, 0.2) is 0 Å². The Balaban J connectivity index is 1.90. The van der Waals surface area contributed by atoms with Crippen molar-refractivity contribution in [3.63, 3.8) is 0 Å². The highest BCUT2D eigenvalue weighted by molar-refractivity contribution is 7.87. The number of nitrogens with one attached hydrogen (secondary N) is 1. The standard InChI is InChI=1S/C11H20N4O2S/c1-11(10-14-7-5-6-12-14)13-18(16,17)15-8-3-2-4-9-15/h5-7,11,13H,2-4,8-10H2,1H3. The topological polar surface area (TPSA) is 67.2 Å². The molecule has 0 aliphatic carbocycles. The van der Waals surface area contributed by atoms with Crippen LogP contribution >= 0.6 is 0 Å². The summed E-state index contributed by atoms with van der Waals surface area (Å²) in [7, 11) is -3.34. The molecule has 1 unspecified atom stereocenters. The van der Waals surface area contributed by atoms with E-state index in [-0.39, 0.29) is 6.04 Å². The van der Waals surface area contributed by atoms with Gasteiger partial charge in [-0.1, -0.05) is 6.42 Å². The van der Waals surface area contributed by atoms with Crippen molar-refractivity contribution in [3.05, 3.63) is 18.5 Å². The van der Waals surface area contributed by atoms with Gasteiger partial charge in [-0.2, -0.15) is 22.5 Å². The highest BCUT2D eigenvalue weighted by Gasteiger charge is 2.25.